The Bertz CT molecular complexity index is 684. The molecule has 0 aromatic heterocycles. The predicted molar refractivity (Wildman–Crippen MR) is 90.5 cm³/mol. The van der Waals surface area contributed by atoms with Crippen LogP contribution in [0, 0.1) is 0 Å². The Morgan fingerprint density at radius 1 is 1.27 bits per heavy atom. The van der Waals surface area contributed by atoms with E-state index in [2.05, 4.69) is 41.9 Å². The zero-order chi connectivity index (χ0) is 15.7. The van der Waals surface area contributed by atoms with Crippen molar-refractivity contribution in [3.8, 4) is 0 Å². The van der Waals surface area contributed by atoms with E-state index in [1.165, 1.54) is 16.8 Å². The number of anilines is 1. The van der Waals surface area contributed by atoms with Crippen LogP contribution in [0.15, 0.2) is 60.0 Å². The van der Waals surface area contributed by atoms with Gasteiger partial charge in [0.25, 0.3) is 0 Å². The number of para-hydroxylation sites is 1. The SMILES string of the molecule is C=CC1=C(N(C)C(C)=O)/C(=C/N2CCc3ccccc32)CC1. The molecule has 0 saturated carbocycles. The molecule has 22 heavy (non-hydrogen) atoms. The van der Waals surface area contributed by atoms with E-state index in [9.17, 15) is 4.79 Å². The van der Waals surface area contributed by atoms with E-state index in [4.69, 9.17) is 0 Å². The molecule has 2 aliphatic rings. The summed E-state index contributed by atoms with van der Waals surface area (Å²) < 4.78 is 0. The van der Waals surface area contributed by atoms with E-state index >= 15 is 0 Å². The lowest BCUT2D eigenvalue weighted by atomic mass is 10.1. The van der Waals surface area contributed by atoms with Gasteiger partial charge in [0.2, 0.25) is 5.91 Å². The molecule has 1 aliphatic carbocycles. The van der Waals surface area contributed by atoms with Crippen molar-refractivity contribution in [2.45, 2.75) is 26.2 Å². The summed E-state index contributed by atoms with van der Waals surface area (Å²) in [7, 11) is 1.85. The van der Waals surface area contributed by atoms with E-state index in [-0.39, 0.29) is 5.91 Å². The number of amides is 1. The monoisotopic (exact) mass is 294 g/mol. The van der Waals surface area contributed by atoms with Crippen molar-refractivity contribution in [3.63, 3.8) is 0 Å². The van der Waals surface area contributed by atoms with Gasteiger partial charge in [-0.25, -0.2) is 0 Å². The van der Waals surface area contributed by atoms with Gasteiger partial charge in [0.15, 0.2) is 0 Å². The second-order valence-corrected chi connectivity index (χ2v) is 5.88. The summed E-state index contributed by atoms with van der Waals surface area (Å²) in [5.74, 6) is 0.0592. The Hall–Kier alpha value is -2.29. The van der Waals surface area contributed by atoms with Gasteiger partial charge in [0.1, 0.15) is 0 Å². The van der Waals surface area contributed by atoms with Gasteiger partial charge in [-0.2, -0.15) is 0 Å². The van der Waals surface area contributed by atoms with Crippen LogP contribution in [0.3, 0.4) is 0 Å². The number of fused-ring (bicyclic) bond motifs is 1. The number of carbonyl (C=O) groups is 1. The average molecular weight is 294 g/mol. The van der Waals surface area contributed by atoms with Crippen LogP contribution >= 0.6 is 0 Å². The lowest BCUT2D eigenvalue weighted by Gasteiger charge is -2.22. The van der Waals surface area contributed by atoms with Crippen LogP contribution in [0.4, 0.5) is 5.69 Å². The van der Waals surface area contributed by atoms with Crippen molar-refractivity contribution in [3.05, 3.63) is 65.5 Å². The minimum Gasteiger partial charge on any atom is -0.347 e. The Labute approximate surface area is 132 Å². The van der Waals surface area contributed by atoms with Crippen molar-refractivity contribution in [1.29, 1.82) is 0 Å². The summed E-state index contributed by atoms with van der Waals surface area (Å²) in [6.45, 7) is 6.51. The van der Waals surface area contributed by atoms with Crippen LogP contribution in [0.2, 0.25) is 0 Å². The first-order valence-electron chi connectivity index (χ1n) is 7.77. The zero-order valence-corrected chi connectivity index (χ0v) is 13.3. The Balaban J connectivity index is 1.96. The fourth-order valence-electron chi connectivity index (χ4n) is 3.31. The van der Waals surface area contributed by atoms with Crippen LogP contribution in [-0.4, -0.2) is 24.4 Å². The first-order valence-corrected chi connectivity index (χ1v) is 7.77. The maximum absolute atomic E-state index is 11.8. The molecule has 0 unspecified atom stereocenters. The minimum atomic E-state index is 0.0592. The number of rotatable bonds is 3. The molecule has 0 N–H and O–H groups in total. The van der Waals surface area contributed by atoms with Crippen molar-refractivity contribution >= 4 is 11.6 Å². The summed E-state index contributed by atoms with van der Waals surface area (Å²) in [5, 5.41) is 0. The van der Waals surface area contributed by atoms with Crippen molar-refractivity contribution in [1.82, 2.24) is 4.90 Å². The molecule has 3 rings (SSSR count). The number of carbonyl (C=O) groups excluding carboxylic acids is 1. The Morgan fingerprint density at radius 3 is 2.77 bits per heavy atom. The highest BCUT2D eigenvalue weighted by molar-refractivity contribution is 5.77. The molecule has 0 radical (unpaired) electrons. The van der Waals surface area contributed by atoms with Crippen LogP contribution in [0.5, 0.6) is 0 Å². The lowest BCUT2D eigenvalue weighted by Crippen LogP contribution is -2.25. The van der Waals surface area contributed by atoms with Crippen molar-refractivity contribution in [2.24, 2.45) is 0 Å². The first kappa shape index (κ1) is 14.6. The lowest BCUT2D eigenvalue weighted by molar-refractivity contribution is -0.125. The van der Waals surface area contributed by atoms with Gasteiger partial charge in [0.05, 0.1) is 5.70 Å². The van der Waals surface area contributed by atoms with E-state index in [0.717, 1.165) is 37.1 Å². The smallest absolute Gasteiger partial charge is 0.223 e. The summed E-state index contributed by atoms with van der Waals surface area (Å²) in [6, 6.07) is 8.53. The van der Waals surface area contributed by atoms with Crippen molar-refractivity contribution < 1.29 is 4.79 Å². The van der Waals surface area contributed by atoms with Gasteiger partial charge in [0, 0.05) is 32.4 Å². The molecule has 1 heterocycles. The number of allylic oxidation sites excluding steroid dienone is 3. The van der Waals surface area contributed by atoms with E-state index in [1.54, 1.807) is 11.8 Å². The molecular weight excluding hydrogens is 272 g/mol. The quantitative estimate of drug-likeness (QED) is 0.849. The van der Waals surface area contributed by atoms with Crippen LogP contribution in [0.25, 0.3) is 0 Å². The summed E-state index contributed by atoms with van der Waals surface area (Å²) in [6.07, 6.45) is 7.10. The second kappa shape index (κ2) is 5.84. The Morgan fingerprint density at radius 2 is 2.05 bits per heavy atom. The number of hydrogen-bond acceptors (Lipinski definition) is 2. The van der Waals surface area contributed by atoms with Crippen LogP contribution in [-0.2, 0) is 11.2 Å². The molecule has 0 fully saturated rings. The maximum atomic E-state index is 11.8. The third kappa shape index (κ3) is 2.47. The van der Waals surface area contributed by atoms with Gasteiger partial charge in [-0.05, 0) is 42.0 Å². The van der Waals surface area contributed by atoms with Gasteiger partial charge in [-0.15, -0.1) is 0 Å². The number of nitrogens with zero attached hydrogens (tertiary/aromatic N) is 2. The second-order valence-electron chi connectivity index (χ2n) is 5.88. The van der Waals surface area contributed by atoms with E-state index < -0.39 is 0 Å². The summed E-state index contributed by atoms with van der Waals surface area (Å²) in [4.78, 5) is 15.8. The highest BCUT2D eigenvalue weighted by Gasteiger charge is 2.25. The largest absolute Gasteiger partial charge is 0.347 e. The van der Waals surface area contributed by atoms with Crippen LogP contribution < -0.4 is 4.90 Å². The summed E-state index contributed by atoms with van der Waals surface area (Å²) in [5.41, 5.74) is 6.10. The molecule has 0 atom stereocenters. The molecule has 3 nitrogen and oxygen atoms in total. The fraction of sp³-hybridized carbons (Fsp3) is 0.316. The molecule has 3 heteroatoms. The molecule has 1 aromatic rings. The van der Waals surface area contributed by atoms with Gasteiger partial charge in [-0.1, -0.05) is 30.9 Å². The topological polar surface area (TPSA) is 23.6 Å². The average Bonchev–Trinajstić information content (AvgIpc) is 3.11. The zero-order valence-electron chi connectivity index (χ0n) is 13.3. The van der Waals surface area contributed by atoms with Crippen LogP contribution in [0.1, 0.15) is 25.3 Å². The number of benzene rings is 1. The highest BCUT2D eigenvalue weighted by atomic mass is 16.2. The first-order chi connectivity index (χ1) is 10.6. The normalized spacial score (nSPS) is 18.8. The molecule has 0 bridgehead atoms. The van der Waals surface area contributed by atoms with Gasteiger partial charge >= 0.3 is 0 Å². The molecular formula is C19H22N2O. The van der Waals surface area contributed by atoms with Gasteiger partial charge < -0.3 is 9.80 Å². The third-order valence-corrected chi connectivity index (χ3v) is 4.56. The molecule has 0 spiro atoms. The highest BCUT2D eigenvalue weighted by Crippen LogP contribution is 2.36. The molecule has 1 amide bonds. The summed E-state index contributed by atoms with van der Waals surface area (Å²) >= 11 is 0. The molecule has 0 saturated heterocycles. The number of likely N-dealkylation sites (N-methyl/N-ethyl adjacent to an activating group) is 1. The maximum Gasteiger partial charge on any atom is 0.223 e. The molecule has 1 aliphatic heterocycles. The van der Waals surface area contributed by atoms with E-state index in [0.29, 0.717) is 0 Å². The fourth-order valence-corrected chi connectivity index (χ4v) is 3.31. The minimum absolute atomic E-state index is 0.0592. The van der Waals surface area contributed by atoms with E-state index in [1.807, 2.05) is 13.1 Å². The Kier molecular flexibility index (Phi) is 3.88. The molecule has 114 valence electrons. The van der Waals surface area contributed by atoms with Gasteiger partial charge in [-0.3, -0.25) is 4.79 Å². The number of hydrogen-bond donors (Lipinski definition) is 0. The molecule has 1 aromatic carbocycles. The van der Waals surface area contributed by atoms with Crippen molar-refractivity contribution in [2.75, 3.05) is 18.5 Å². The third-order valence-electron chi connectivity index (χ3n) is 4.56. The standard InChI is InChI=1S/C19H22N2O/c1-4-15-9-10-17(19(15)20(3)14(2)22)13-21-12-11-16-7-5-6-8-18(16)21/h4-8,13H,1,9-12H2,2-3H3/b17-13+. The predicted octanol–water partition coefficient (Wildman–Crippen LogP) is 3.65.